The fraction of sp³-hybridized carbons (Fsp3) is 0.375. The van der Waals surface area contributed by atoms with Gasteiger partial charge in [0.1, 0.15) is 12.7 Å². The highest BCUT2D eigenvalue weighted by molar-refractivity contribution is 6.45. The van der Waals surface area contributed by atoms with Gasteiger partial charge in [-0.2, -0.15) is 5.26 Å². The Labute approximate surface area is 135 Å². The Morgan fingerprint density at radius 3 is 2.48 bits per heavy atom. The van der Waals surface area contributed by atoms with E-state index < -0.39 is 11.6 Å². The molecular formula is C16H20N4O3. The SMILES string of the molecule is CCN(CC)C(=O)CNC(=O)C(C#N)=NOCc1ccccc1. The zero-order chi connectivity index (χ0) is 17.1. The molecule has 122 valence electrons. The van der Waals surface area contributed by atoms with Gasteiger partial charge in [0.05, 0.1) is 6.54 Å². The molecule has 0 saturated heterocycles. The van der Waals surface area contributed by atoms with Gasteiger partial charge in [0.15, 0.2) is 0 Å². The van der Waals surface area contributed by atoms with Crippen molar-refractivity contribution >= 4 is 17.5 Å². The molecule has 1 rings (SSSR count). The predicted octanol–water partition coefficient (Wildman–Crippen LogP) is 1.07. The van der Waals surface area contributed by atoms with Crippen molar-refractivity contribution in [3.63, 3.8) is 0 Å². The molecule has 0 saturated carbocycles. The number of nitrogens with one attached hydrogen (secondary N) is 1. The summed E-state index contributed by atoms with van der Waals surface area (Å²) < 4.78 is 0. The van der Waals surface area contributed by atoms with Crippen LogP contribution in [0.25, 0.3) is 0 Å². The first-order chi connectivity index (χ1) is 11.1. The quantitative estimate of drug-likeness (QED) is 0.573. The van der Waals surface area contributed by atoms with E-state index in [9.17, 15) is 9.59 Å². The molecular weight excluding hydrogens is 296 g/mol. The summed E-state index contributed by atoms with van der Waals surface area (Å²) in [5.74, 6) is -0.952. The molecule has 7 nitrogen and oxygen atoms in total. The monoisotopic (exact) mass is 316 g/mol. The molecule has 0 heterocycles. The number of amides is 2. The van der Waals surface area contributed by atoms with E-state index in [2.05, 4.69) is 10.5 Å². The Morgan fingerprint density at radius 1 is 1.26 bits per heavy atom. The lowest BCUT2D eigenvalue weighted by molar-refractivity contribution is -0.131. The van der Waals surface area contributed by atoms with Crippen LogP contribution >= 0.6 is 0 Å². The maximum Gasteiger partial charge on any atom is 0.284 e. The number of likely N-dealkylation sites (N-methyl/N-ethyl adjacent to an activating group) is 1. The van der Waals surface area contributed by atoms with E-state index >= 15 is 0 Å². The third-order valence-electron chi connectivity index (χ3n) is 3.07. The van der Waals surface area contributed by atoms with Crippen molar-refractivity contribution in [1.82, 2.24) is 10.2 Å². The summed E-state index contributed by atoms with van der Waals surface area (Å²) >= 11 is 0. The van der Waals surface area contributed by atoms with Gasteiger partial charge in [-0.3, -0.25) is 9.59 Å². The van der Waals surface area contributed by atoms with E-state index in [1.165, 1.54) is 0 Å². The molecule has 0 radical (unpaired) electrons. The summed E-state index contributed by atoms with van der Waals surface area (Å²) in [4.78, 5) is 30.2. The van der Waals surface area contributed by atoms with Gasteiger partial charge in [0.25, 0.3) is 5.91 Å². The second-order valence-corrected chi connectivity index (χ2v) is 4.56. The molecule has 0 aliphatic carbocycles. The second kappa shape index (κ2) is 9.95. The van der Waals surface area contributed by atoms with Crippen LogP contribution in [0.15, 0.2) is 35.5 Å². The number of carbonyl (C=O) groups excluding carboxylic acids is 2. The van der Waals surface area contributed by atoms with E-state index in [0.717, 1.165) is 5.56 Å². The molecule has 0 aliphatic rings. The van der Waals surface area contributed by atoms with Gasteiger partial charge < -0.3 is 15.1 Å². The van der Waals surface area contributed by atoms with Crippen LogP contribution in [0, 0.1) is 11.3 Å². The molecule has 1 aromatic carbocycles. The van der Waals surface area contributed by atoms with Crippen LogP contribution in [-0.4, -0.2) is 42.1 Å². The lowest BCUT2D eigenvalue weighted by Crippen LogP contribution is -2.41. The molecule has 0 aromatic heterocycles. The van der Waals surface area contributed by atoms with Gasteiger partial charge in [-0.1, -0.05) is 35.5 Å². The first-order valence-corrected chi connectivity index (χ1v) is 7.32. The number of rotatable bonds is 8. The van der Waals surface area contributed by atoms with Crippen molar-refractivity contribution < 1.29 is 14.4 Å². The normalized spacial score (nSPS) is 10.6. The van der Waals surface area contributed by atoms with Crippen molar-refractivity contribution in [3.05, 3.63) is 35.9 Å². The fourth-order valence-corrected chi connectivity index (χ4v) is 1.79. The van der Waals surface area contributed by atoms with E-state index in [4.69, 9.17) is 10.1 Å². The summed E-state index contributed by atoms with van der Waals surface area (Å²) in [7, 11) is 0. The highest BCUT2D eigenvalue weighted by Crippen LogP contribution is 2.00. The molecule has 0 atom stereocenters. The number of nitriles is 1. The van der Waals surface area contributed by atoms with E-state index in [1.807, 2.05) is 44.2 Å². The minimum atomic E-state index is -0.735. The van der Waals surface area contributed by atoms with Crippen LogP contribution in [-0.2, 0) is 21.0 Å². The van der Waals surface area contributed by atoms with Crippen LogP contribution in [0.3, 0.4) is 0 Å². The minimum absolute atomic E-state index is 0.150. The third-order valence-corrected chi connectivity index (χ3v) is 3.07. The molecule has 23 heavy (non-hydrogen) atoms. The van der Waals surface area contributed by atoms with E-state index in [0.29, 0.717) is 13.1 Å². The maximum absolute atomic E-state index is 11.8. The number of hydrogen-bond acceptors (Lipinski definition) is 5. The number of hydrogen-bond donors (Lipinski definition) is 1. The van der Waals surface area contributed by atoms with Crippen molar-refractivity contribution in [3.8, 4) is 6.07 Å². The zero-order valence-corrected chi connectivity index (χ0v) is 13.3. The lowest BCUT2D eigenvalue weighted by atomic mass is 10.2. The van der Waals surface area contributed by atoms with Crippen LogP contribution in [0.2, 0.25) is 0 Å². The Kier molecular flexibility index (Phi) is 7.86. The highest BCUT2D eigenvalue weighted by atomic mass is 16.6. The summed E-state index contributed by atoms with van der Waals surface area (Å²) in [6.07, 6.45) is 0. The van der Waals surface area contributed by atoms with Gasteiger partial charge >= 0.3 is 0 Å². The highest BCUT2D eigenvalue weighted by Gasteiger charge is 2.15. The number of nitrogens with zero attached hydrogens (tertiary/aromatic N) is 3. The number of carbonyl (C=O) groups is 2. The lowest BCUT2D eigenvalue weighted by Gasteiger charge is -2.18. The Morgan fingerprint density at radius 2 is 1.91 bits per heavy atom. The summed E-state index contributed by atoms with van der Waals surface area (Å²) in [5, 5.41) is 14.8. The standard InChI is InChI=1S/C16H20N4O3/c1-3-20(4-2)15(21)11-18-16(22)14(10-17)19-23-12-13-8-6-5-7-9-13/h5-9H,3-4,11-12H2,1-2H3,(H,18,22). The van der Waals surface area contributed by atoms with Gasteiger partial charge in [-0.25, -0.2) is 0 Å². The van der Waals surface area contributed by atoms with Crippen LogP contribution in [0.1, 0.15) is 19.4 Å². The number of oxime groups is 1. The molecule has 0 aliphatic heterocycles. The zero-order valence-electron chi connectivity index (χ0n) is 13.3. The first kappa shape index (κ1) is 18.2. The third kappa shape index (κ3) is 6.18. The van der Waals surface area contributed by atoms with Gasteiger partial charge in [0, 0.05) is 13.1 Å². The molecule has 0 fully saturated rings. The summed E-state index contributed by atoms with van der Waals surface area (Å²) in [6.45, 7) is 4.79. The summed E-state index contributed by atoms with van der Waals surface area (Å²) in [6, 6.07) is 10.9. The minimum Gasteiger partial charge on any atom is -0.390 e. The fourth-order valence-electron chi connectivity index (χ4n) is 1.79. The second-order valence-electron chi connectivity index (χ2n) is 4.56. The largest absolute Gasteiger partial charge is 0.390 e. The number of benzene rings is 1. The van der Waals surface area contributed by atoms with E-state index in [-0.39, 0.29) is 19.1 Å². The van der Waals surface area contributed by atoms with Crippen LogP contribution < -0.4 is 5.32 Å². The van der Waals surface area contributed by atoms with Crippen molar-refractivity contribution in [2.24, 2.45) is 5.16 Å². The summed E-state index contributed by atoms with van der Waals surface area (Å²) in [5.41, 5.74) is 0.443. The Hall–Kier alpha value is -2.88. The molecule has 0 unspecified atom stereocenters. The molecule has 0 bridgehead atoms. The average molecular weight is 316 g/mol. The smallest absolute Gasteiger partial charge is 0.284 e. The Balaban J connectivity index is 2.50. The molecule has 1 N–H and O–H groups in total. The Bertz CT molecular complexity index is 589. The molecule has 7 heteroatoms. The van der Waals surface area contributed by atoms with Crippen molar-refractivity contribution in [2.45, 2.75) is 20.5 Å². The van der Waals surface area contributed by atoms with Crippen molar-refractivity contribution in [1.29, 1.82) is 5.26 Å². The predicted molar refractivity (Wildman–Crippen MR) is 85.2 cm³/mol. The molecule has 1 aromatic rings. The van der Waals surface area contributed by atoms with Crippen LogP contribution in [0.5, 0.6) is 0 Å². The van der Waals surface area contributed by atoms with E-state index in [1.54, 1.807) is 11.0 Å². The molecule has 2 amide bonds. The van der Waals surface area contributed by atoms with Crippen molar-refractivity contribution in [2.75, 3.05) is 19.6 Å². The van der Waals surface area contributed by atoms with Gasteiger partial charge in [-0.05, 0) is 19.4 Å². The topological polar surface area (TPSA) is 94.8 Å². The molecule has 0 spiro atoms. The van der Waals surface area contributed by atoms with Gasteiger partial charge in [0.2, 0.25) is 11.6 Å². The van der Waals surface area contributed by atoms with Gasteiger partial charge in [-0.15, -0.1) is 0 Å². The maximum atomic E-state index is 11.8. The first-order valence-electron chi connectivity index (χ1n) is 7.32. The average Bonchev–Trinajstić information content (AvgIpc) is 2.58. The van der Waals surface area contributed by atoms with Crippen LogP contribution in [0.4, 0.5) is 0 Å².